The van der Waals surface area contributed by atoms with E-state index in [1.807, 2.05) is 0 Å². The van der Waals surface area contributed by atoms with Gasteiger partial charge in [-0.1, -0.05) is 18.6 Å². The van der Waals surface area contributed by atoms with Crippen molar-refractivity contribution in [2.45, 2.75) is 38.2 Å². The van der Waals surface area contributed by atoms with E-state index in [-0.39, 0.29) is 24.0 Å². The van der Waals surface area contributed by atoms with Crippen LogP contribution in [0.25, 0.3) is 0 Å². The second-order valence-electron chi connectivity index (χ2n) is 5.42. The van der Waals surface area contributed by atoms with E-state index in [4.69, 9.17) is 10.5 Å². The number of benzene rings is 1. The van der Waals surface area contributed by atoms with Crippen LogP contribution in [-0.4, -0.2) is 23.9 Å². The Labute approximate surface area is 113 Å². The lowest BCUT2D eigenvalue weighted by Crippen LogP contribution is -2.41. The molecule has 0 saturated heterocycles. The van der Waals surface area contributed by atoms with Crippen LogP contribution in [-0.2, 0) is 0 Å². The first kappa shape index (κ1) is 14.3. The fourth-order valence-electron chi connectivity index (χ4n) is 2.85. The lowest BCUT2D eigenvalue weighted by molar-refractivity contribution is 0.00341. The predicted octanol–water partition coefficient (Wildman–Crippen LogP) is 2.39. The summed E-state index contributed by atoms with van der Waals surface area (Å²) in [5, 5.41) is 10.3. The van der Waals surface area contributed by atoms with Crippen molar-refractivity contribution < 1.29 is 14.2 Å². The normalized spacial score (nSPS) is 26.6. The zero-order valence-corrected chi connectivity index (χ0v) is 11.4. The van der Waals surface area contributed by atoms with Gasteiger partial charge in [0.15, 0.2) is 11.6 Å². The Morgan fingerprint density at radius 2 is 2.32 bits per heavy atom. The molecule has 0 aromatic heterocycles. The van der Waals surface area contributed by atoms with Gasteiger partial charge >= 0.3 is 0 Å². The molecule has 3 nitrogen and oxygen atoms in total. The lowest BCUT2D eigenvalue weighted by Gasteiger charge is -2.28. The number of aliphatic hydroxyl groups is 1. The van der Waals surface area contributed by atoms with Gasteiger partial charge in [0, 0.05) is 6.54 Å². The number of ether oxygens (including phenoxy) is 1. The van der Waals surface area contributed by atoms with E-state index in [1.54, 1.807) is 25.1 Å². The molecule has 0 heterocycles. The monoisotopic (exact) mass is 267 g/mol. The van der Waals surface area contributed by atoms with Crippen molar-refractivity contribution in [2.75, 3.05) is 13.2 Å². The third-order valence-corrected chi connectivity index (χ3v) is 4.16. The topological polar surface area (TPSA) is 55.5 Å². The summed E-state index contributed by atoms with van der Waals surface area (Å²) >= 11 is 0. The first-order chi connectivity index (χ1) is 9.07. The zero-order chi connectivity index (χ0) is 13.9. The molecule has 0 spiro atoms. The van der Waals surface area contributed by atoms with Crippen molar-refractivity contribution in [1.82, 2.24) is 0 Å². The molecule has 1 fully saturated rings. The SMILES string of the molecule is Cc1cccc(OCCC2CCCC2(O)CN)c1F. The van der Waals surface area contributed by atoms with Crippen LogP contribution >= 0.6 is 0 Å². The molecule has 1 aromatic carbocycles. The highest BCUT2D eigenvalue weighted by molar-refractivity contribution is 5.30. The third-order valence-electron chi connectivity index (χ3n) is 4.16. The number of rotatable bonds is 5. The summed E-state index contributed by atoms with van der Waals surface area (Å²) in [6.45, 7) is 2.41. The van der Waals surface area contributed by atoms with Crippen molar-refractivity contribution in [3.8, 4) is 5.75 Å². The smallest absolute Gasteiger partial charge is 0.167 e. The molecule has 0 radical (unpaired) electrons. The summed E-state index contributed by atoms with van der Waals surface area (Å²) in [5.74, 6) is 0.141. The fourth-order valence-corrected chi connectivity index (χ4v) is 2.85. The van der Waals surface area contributed by atoms with E-state index in [2.05, 4.69) is 0 Å². The van der Waals surface area contributed by atoms with Crippen LogP contribution < -0.4 is 10.5 Å². The minimum absolute atomic E-state index is 0.158. The highest BCUT2D eigenvalue weighted by Crippen LogP contribution is 2.37. The first-order valence-electron chi connectivity index (χ1n) is 6.87. The van der Waals surface area contributed by atoms with Gasteiger partial charge in [-0.2, -0.15) is 0 Å². The molecule has 0 amide bonds. The number of hydrogen-bond acceptors (Lipinski definition) is 3. The van der Waals surface area contributed by atoms with Crippen molar-refractivity contribution in [1.29, 1.82) is 0 Å². The zero-order valence-electron chi connectivity index (χ0n) is 11.4. The molecule has 2 atom stereocenters. The van der Waals surface area contributed by atoms with E-state index in [0.717, 1.165) is 19.3 Å². The molecular weight excluding hydrogens is 245 g/mol. The van der Waals surface area contributed by atoms with E-state index < -0.39 is 5.60 Å². The first-order valence-corrected chi connectivity index (χ1v) is 6.87. The van der Waals surface area contributed by atoms with Gasteiger partial charge in [-0.25, -0.2) is 4.39 Å². The highest BCUT2D eigenvalue weighted by Gasteiger charge is 2.39. The number of aryl methyl sites for hydroxylation is 1. The molecule has 19 heavy (non-hydrogen) atoms. The van der Waals surface area contributed by atoms with Gasteiger partial charge in [-0.15, -0.1) is 0 Å². The Balaban J connectivity index is 1.88. The summed E-state index contributed by atoms with van der Waals surface area (Å²) in [5.41, 5.74) is 5.46. The maximum Gasteiger partial charge on any atom is 0.167 e. The quantitative estimate of drug-likeness (QED) is 0.861. The highest BCUT2D eigenvalue weighted by atomic mass is 19.1. The summed E-state index contributed by atoms with van der Waals surface area (Å²) in [6, 6.07) is 5.12. The van der Waals surface area contributed by atoms with Crippen molar-refractivity contribution >= 4 is 0 Å². The van der Waals surface area contributed by atoms with Crippen LogP contribution in [0.15, 0.2) is 18.2 Å². The largest absolute Gasteiger partial charge is 0.490 e. The minimum Gasteiger partial charge on any atom is -0.490 e. The lowest BCUT2D eigenvalue weighted by atomic mass is 9.88. The predicted molar refractivity (Wildman–Crippen MR) is 72.6 cm³/mol. The second kappa shape index (κ2) is 5.88. The maximum atomic E-state index is 13.7. The van der Waals surface area contributed by atoms with E-state index >= 15 is 0 Å². The second-order valence-corrected chi connectivity index (χ2v) is 5.42. The molecule has 3 N–H and O–H groups in total. The summed E-state index contributed by atoms with van der Waals surface area (Å²) in [6.07, 6.45) is 3.43. The molecular formula is C15H22FNO2. The van der Waals surface area contributed by atoms with Crippen LogP contribution in [0.2, 0.25) is 0 Å². The van der Waals surface area contributed by atoms with Crippen LogP contribution in [0.5, 0.6) is 5.75 Å². The Morgan fingerprint density at radius 3 is 3.05 bits per heavy atom. The number of halogens is 1. The van der Waals surface area contributed by atoms with Crippen LogP contribution in [0.4, 0.5) is 4.39 Å². The molecule has 106 valence electrons. The Bertz CT molecular complexity index is 438. The van der Waals surface area contributed by atoms with Gasteiger partial charge < -0.3 is 15.6 Å². The van der Waals surface area contributed by atoms with Gasteiger partial charge in [0.2, 0.25) is 0 Å². The molecule has 1 aliphatic rings. The summed E-state index contributed by atoms with van der Waals surface area (Å²) < 4.78 is 19.2. The Kier molecular flexibility index (Phi) is 4.42. The maximum absolute atomic E-state index is 13.7. The van der Waals surface area contributed by atoms with Crippen molar-refractivity contribution in [2.24, 2.45) is 11.7 Å². The Morgan fingerprint density at radius 1 is 1.53 bits per heavy atom. The Hall–Kier alpha value is -1.13. The van der Waals surface area contributed by atoms with Gasteiger partial charge in [0.25, 0.3) is 0 Å². The van der Waals surface area contributed by atoms with Crippen LogP contribution in [0.1, 0.15) is 31.2 Å². The van der Waals surface area contributed by atoms with Gasteiger partial charge in [0.1, 0.15) is 0 Å². The summed E-state index contributed by atoms with van der Waals surface area (Å²) in [4.78, 5) is 0. The van der Waals surface area contributed by atoms with E-state index in [0.29, 0.717) is 18.6 Å². The molecule has 2 unspecified atom stereocenters. The van der Waals surface area contributed by atoms with Gasteiger partial charge in [-0.05, 0) is 43.7 Å². The van der Waals surface area contributed by atoms with E-state index in [9.17, 15) is 9.50 Å². The average molecular weight is 267 g/mol. The van der Waals surface area contributed by atoms with Gasteiger partial charge in [-0.3, -0.25) is 0 Å². The molecule has 0 bridgehead atoms. The molecule has 1 saturated carbocycles. The minimum atomic E-state index is -0.755. The average Bonchev–Trinajstić information content (AvgIpc) is 2.77. The molecule has 2 rings (SSSR count). The number of nitrogens with two attached hydrogens (primary N) is 1. The van der Waals surface area contributed by atoms with E-state index in [1.165, 1.54) is 0 Å². The molecule has 1 aliphatic carbocycles. The number of hydrogen-bond donors (Lipinski definition) is 2. The van der Waals surface area contributed by atoms with Crippen LogP contribution in [0, 0.1) is 18.7 Å². The third kappa shape index (κ3) is 3.07. The van der Waals surface area contributed by atoms with Crippen LogP contribution in [0.3, 0.4) is 0 Å². The molecule has 1 aromatic rings. The van der Waals surface area contributed by atoms with Crippen molar-refractivity contribution in [3.05, 3.63) is 29.6 Å². The molecule has 4 heteroatoms. The van der Waals surface area contributed by atoms with Crippen molar-refractivity contribution in [3.63, 3.8) is 0 Å². The van der Waals surface area contributed by atoms with Gasteiger partial charge in [0.05, 0.1) is 12.2 Å². The molecule has 0 aliphatic heterocycles. The fraction of sp³-hybridized carbons (Fsp3) is 0.600. The summed E-state index contributed by atoms with van der Waals surface area (Å²) in [7, 11) is 0. The standard InChI is InChI=1S/C15H22FNO2/c1-11-4-2-6-13(14(11)16)19-9-7-12-5-3-8-15(12,18)10-17/h2,4,6,12,18H,3,5,7-10,17H2,1H3.